The van der Waals surface area contributed by atoms with Gasteiger partial charge in [0.25, 0.3) is 0 Å². The molecule has 0 amide bonds. The van der Waals surface area contributed by atoms with Crippen LogP contribution in [0, 0.1) is 0 Å². The van der Waals surface area contributed by atoms with Gasteiger partial charge in [-0.3, -0.25) is 0 Å². The van der Waals surface area contributed by atoms with Crippen LogP contribution in [0.2, 0.25) is 5.02 Å². The molecular weight excluding hydrogens is 370 g/mol. The first kappa shape index (κ1) is 16.1. The van der Waals surface area contributed by atoms with Crippen molar-refractivity contribution in [3.63, 3.8) is 0 Å². The van der Waals surface area contributed by atoms with E-state index in [0.29, 0.717) is 10.2 Å². The molecule has 0 aliphatic heterocycles. The number of amidine groups is 1. The fourth-order valence-electron chi connectivity index (χ4n) is 1.52. The SMILES string of the molecule is NC(=NN=Cc1cc(Br)ccc1Cl)SCc1ccccc1. The molecule has 6 heteroatoms. The Hall–Kier alpha value is -1.30. The summed E-state index contributed by atoms with van der Waals surface area (Å²) in [4.78, 5) is 0. The molecule has 0 radical (unpaired) electrons. The molecule has 0 spiro atoms. The van der Waals surface area contributed by atoms with Gasteiger partial charge >= 0.3 is 0 Å². The average molecular weight is 383 g/mol. The summed E-state index contributed by atoms with van der Waals surface area (Å²) in [5.74, 6) is 0.767. The van der Waals surface area contributed by atoms with Crippen LogP contribution < -0.4 is 5.73 Å². The second-order valence-corrected chi connectivity index (χ2v) is 6.44. The molecule has 0 saturated heterocycles. The van der Waals surface area contributed by atoms with Crippen molar-refractivity contribution in [1.29, 1.82) is 0 Å². The number of benzene rings is 2. The molecule has 0 bridgehead atoms. The van der Waals surface area contributed by atoms with Crippen molar-refractivity contribution in [2.45, 2.75) is 5.75 Å². The van der Waals surface area contributed by atoms with Gasteiger partial charge in [-0.1, -0.05) is 69.6 Å². The zero-order valence-electron chi connectivity index (χ0n) is 11.0. The normalized spacial score (nSPS) is 12.0. The summed E-state index contributed by atoms with van der Waals surface area (Å²) in [5.41, 5.74) is 7.79. The summed E-state index contributed by atoms with van der Waals surface area (Å²) >= 11 is 10.9. The molecule has 0 heterocycles. The van der Waals surface area contributed by atoms with Gasteiger partial charge < -0.3 is 5.73 Å². The zero-order valence-corrected chi connectivity index (χ0v) is 14.2. The van der Waals surface area contributed by atoms with Crippen LogP contribution in [0.1, 0.15) is 11.1 Å². The van der Waals surface area contributed by atoms with E-state index in [0.717, 1.165) is 15.8 Å². The Bertz CT molecular complexity index is 659. The molecule has 0 fully saturated rings. The predicted molar refractivity (Wildman–Crippen MR) is 96.1 cm³/mol. The summed E-state index contributed by atoms with van der Waals surface area (Å²) in [6, 6.07) is 15.6. The largest absolute Gasteiger partial charge is 0.377 e. The molecule has 0 aliphatic carbocycles. The summed E-state index contributed by atoms with van der Waals surface area (Å²) < 4.78 is 0.934. The van der Waals surface area contributed by atoms with Gasteiger partial charge in [-0.2, -0.15) is 5.10 Å². The summed E-state index contributed by atoms with van der Waals surface area (Å²) in [7, 11) is 0. The Morgan fingerprint density at radius 3 is 2.76 bits per heavy atom. The lowest BCUT2D eigenvalue weighted by Gasteiger charge is -1.99. The molecule has 0 atom stereocenters. The van der Waals surface area contributed by atoms with Gasteiger partial charge in [0, 0.05) is 20.8 Å². The first-order chi connectivity index (χ1) is 10.1. The fraction of sp³-hybridized carbons (Fsp3) is 0.0667. The van der Waals surface area contributed by atoms with E-state index in [1.807, 2.05) is 42.5 Å². The highest BCUT2D eigenvalue weighted by molar-refractivity contribution is 9.10. The molecule has 2 aromatic carbocycles. The van der Waals surface area contributed by atoms with Gasteiger partial charge in [0.15, 0.2) is 5.17 Å². The van der Waals surface area contributed by atoms with E-state index in [-0.39, 0.29) is 0 Å². The van der Waals surface area contributed by atoms with Gasteiger partial charge in [-0.05, 0) is 23.8 Å². The van der Waals surface area contributed by atoms with Crippen LogP contribution in [-0.2, 0) is 5.75 Å². The van der Waals surface area contributed by atoms with Crippen LogP contribution in [-0.4, -0.2) is 11.4 Å². The second-order valence-electron chi connectivity index (χ2n) is 4.12. The van der Waals surface area contributed by atoms with Gasteiger partial charge in [-0.25, -0.2) is 0 Å². The van der Waals surface area contributed by atoms with Crippen LogP contribution in [0.5, 0.6) is 0 Å². The molecule has 3 nitrogen and oxygen atoms in total. The van der Waals surface area contributed by atoms with Crippen molar-refractivity contribution in [3.05, 3.63) is 69.2 Å². The van der Waals surface area contributed by atoms with Crippen LogP contribution in [0.3, 0.4) is 0 Å². The van der Waals surface area contributed by atoms with Crippen molar-refractivity contribution in [2.75, 3.05) is 0 Å². The summed E-state index contributed by atoms with van der Waals surface area (Å²) in [6.07, 6.45) is 1.59. The Morgan fingerprint density at radius 1 is 1.24 bits per heavy atom. The topological polar surface area (TPSA) is 50.7 Å². The number of rotatable bonds is 4. The molecule has 2 aromatic rings. The van der Waals surface area contributed by atoms with E-state index in [1.54, 1.807) is 12.3 Å². The van der Waals surface area contributed by atoms with Crippen LogP contribution in [0.25, 0.3) is 0 Å². The van der Waals surface area contributed by atoms with E-state index in [2.05, 4.69) is 26.1 Å². The minimum atomic E-state index is 0.418. The minimum Gasteiger partial charge on any atom is -0.377 e. The van der Waals surface area contributed by atoms with Crippen molar-refractivity contribution >= 4 is 50.7 Å². The maximum absolute atomic E-state index is 6.06. The molecule has 21 heavy (non-hydrogen) atoms. The molecule has 2 rings (SSSR count). The maximum Gasteiger partial charge on any atom is 0.180 e. The predicted octanol–water partition coefficient (Wildman–Crippen LogP) is 4.68. The minimum absolute atomic E-state index is 0.418. The number of nitrogens with two attached hydrogens (primary N) is 1. The van der Waals surface area contributed by atoms with E-state index < -0.39 is 0 Å². The van der Waals surface area contributed by atoms with E-state index >= 15 is 0 Å². The molecule has 0 aliphatic rings. The Balaban J connectivity index is 1.93. The lowest BCUT2D eigenvalue weighted by molar-refractivity contribution is 1.25. The second kappa shape index (κ2) is 8.22. The Kier molecular flexibility index (Phi) is 6.29. The number of halogens is 2. The lowest BCUT2D eigenvalue weighted by Crippen LogP contribution is -2.06. The van der Waals surface area contributed by atoms with Crippen molar-refractivity contribution in [3.8, 4) is 0 Å². The van der Waals surface area contributed by atoms with E-state index in [9.17, 15) is 0 Å². The Morgan fingerprint density at radius 2 is 2.00 bits per heavy atom. The molecule has 2 N–H and O–H groups in total. The first-order valence-corrected chi connectivity index (χ1v) is 8.29. The Labute approximate surface area is 141 Å². The van der Waals surface area contributed by atoms with Crippen LogP contribution in [0.4, 0.5) is 0 Å². The lowest BCUT2D eigenvalue weighted by atomic mass is 10.2. The molecule has 0 aromatic heterocycles. The van der Waals surface area contributed by atoms with E-state index in [1.165, 1.54) is 17.3 Å². The van der Waals surface area contributed by atoms with Gasteiger partial charge in [0.05, 0.1) is 6.21 Å². The third kappa shape index (κ3) is 5.53. The quantitative estimate of drug-likeness (QED) is 0.474. The highest BCUT2D eigenvalue weighted by Gasteiger charge is 1.98. The molecule has 0 saturated carbocycles. The van der Waals surface area contributed by atoms with Crippen molar-refractivity contribution < 1.29 is 0 Å². The standard InChI is InChI=1S/C15H13BrClN3S/c16-13-6-7-14(17)12(8-13)9-19-20-15(18)21-10-11-4-2-1-3-5-11/h1-9H,10H2,(H2,18,20). The highest BCUT2D eigenvalue weighted by atomic mass is 79.9. The number of thioether (sulfide) groups is 1. The average Bonchev–Trinajstić information content (AvgIpc) is 2.50. The van der Waals surface area contributed by atoms with Crippen molar-refractivity contribution in [2.24, 2.45) is 15.9 Å². The zero-order chi connectivity index (χ0) is 15.1. The maximum atomic E-state index is 6.06. The van der Waals surface area contributed by atoms with Gasteiger partial charge in [0.1, 0.15) is 0 Å². The third-order valence-electron chi connectivity index (χ3n) is 2.54. The smallest absolute Gasteiger partial charge is 0.180 e. The summed E-state index contributed by atoms with van der Waals surface area (Å²) in [6.45, 7) is 0. The first-order valence-electron chi connectivity index (χ1n) is 6.13. The number of hydrogen-bond acceptors (Lipinski definition) is 3. The third-order valence-corrected chi connectivity index (χ3v) is 4.23. The van der Waals surface area contributed by atoms with Gasteiger partial charge in [0.2, 0.25) is 0 Å². The number of hydrogen-bond donors (Lipinski definition) is 1. The van der Waals surface area contributed by atoms with Crippen LogP contribution in [0.15, 0.2) is 63.2 Å². The summed E-state index contributed by atoms with van der Waals surface area (Å²) in [5, 5.41) is 8.96. The van der Waals surface area contributed by atoms with Crippen molar-refractivity contribution in [1.82, 2.24) is 0 Å². The molecule has 0 unspecified atom stereocenters. The number of nitrogens with zero attached hydrogens (tertiary/aromatic N) is 2. The fourth-order valence-corrected chi connectivity index (χ4v) is 2.68. The van der Waals surface area contributed by atoms with Gasteiger partial charge in [-0.15, -0.1) is 5.10 Å². The van der Waals surface area contributed by atoms with E-state index in [4.69, 9.17) is 17.3 Å². The monoisotopic (exact) mass is 381 g/mol. The van der Waals surface area contributed by atoms with Crippen LogP contribution >= 0.6 is 39.3 Å². The highest BCUT2D eigenvalue weighted by Crippen LogP contribution is 2.19. The molecule has 108 valence electrons. The molecular formula is C15H13BrClN3S.